The maximum absolute atomic E-state index is 6.34. The van der Waals surface area contributed by atoms with Crippen molar-refractivity contribution in [3.63, 3.8) is 0 Å². The fourth-order valence-corrected chi connectivity index (χ4v) is 8.49. The molecule has 2 nitrogen and oxygen atoms in total. The van der Waals surface area contributed by atoms with Gasteiger partial charge in [0.2, 0.25) is 0 Å². The van der Waals surface area contributed by atoms with Crippen molar-refractivity contribution in [2.45, 2.75) is 71.1 Å². The van der Waals surface area contributed by atoms with Gasteiger partial charge in [0.05, 0.1) is 0 Å². The lowest BCUT2D eigenvalue weighted by Crippen LogP contribution is -2.63. The predicted molar refractivity (Wildman–Crippen MR) is 132 cm³/mol. The lowest BCUT2D eigenvalue weighted by molar-refractivity contribution is -0.118. The third-order valence-corrected chi connectivity index (χ3v) is 8.94. The number of rotatable bonds is 6. The molecule has 4 aliphatic rings. The van der Waals surface area contributed by atoms with Crippen LogP contribution < -0.4 is 10.1 Å². The minimum atomic E-state index is 0.258. The third-order valence-electron chi connectivity index (χ3n) is 7.74. The van der Waals surface area contributed by atoms with Gasteiger partial charge in [-0.15, -0.1) is 0 Å². The Bertz CT molecular complexity index is 971. The zero-order valence-electron chi connectivity index (χ0n) is 18.2. The Hall–Kier alpha value is -0.740. The first-order valence-corrected chi connectivity index (χ1v) is 12.8. The zero-order chi connectivity index (χ0) is 21.9. The van der Waals surface area contributed by atoms with Crippen LogP contribution in [-0.2, 0) is 13.2 Å². The van der Waals surface area contributed by atoms with E-state index in [0.717, 1.165) is 28.2 Å². The number of hydrogen-bond acceptors (Lipinski definition) is 2. The molecule has 0 aliphatic heterocycles. The number of hydrogen-bond donors (Lipinski definition) is 1. The predicted octanol–water partition coefficient (Wildman–Crippen LogP) is 8.17. The molecule has 6 rings (SSSR count). The number of ether oxygens (including phenoxy) is 1. The second-order valence-electron chi connectivity index (χ2n) is 11.0. The van der Waals surface area contributed by atoms with Crippen molar-refractivity contribution in [1.29, 1.82) is 0 Å². The summed E-state index contributed by atoms with van der Waals surface area (Å²) in [6.07, 6.45) is 8.13. The Kier molecular flexibility index (Phi) is 5.65. The molecule has 0 aromatic heterocycles. The highest BCUT2D eigenvalue weighted by molar-refractivity contribution is 9.10. The van der Waals surface area contributed by atoms with Crippen molar-refractivity contribution < 1.29 is 4.74 Å². The van der Waals surface area contributed by atoms with Gasteiger partial charge < -0.3 is 10.1 Å². The lowest BCUT2D eigenvalue weighted by atomic mass is 9.43. The molecule has 2 atom stereocenters. The van der Waals surface area contributed by atoms with Crippen LogP contribution in [-0.4, -0.2) is 5.54 Å². The molecule has 5 heteroatoms. The van der Waals surface area contributed by atoms with Gasteiger partial charge in [-0.25, -0.2) is 0 Å². The highest BCUT2D eigenvalue weighted by Gasteiger charge is 2.59. The molecule has 4 fully saturated rings. The molecule has 2 aromatic rings. The van der Waals surface area contributed by atoms with E-state index >= 15 is 0 Å². The van der Waals surface area contributed by atoms with E-state index in [9.17, 15) is 0 Å². The maximum Gasteiger partial charge on any atom is 0.124 e. The molecule has 0 heterocycles. The number of halogens is 3. The summed E-state index contributed by atoms with van der Waals surface area (Å²) < 4.78 is 7.29. The molecule has 0 saturated heterocycles. The van der Waals surface area contributed by atoms with E-state index < -0.39 is 0 Å². The van der Waals surface area contributed by atoms with Gasteiger partial charge in [0, 0.05) is 37.7 Å². The first-order valence-electron chi connectivity index (χ1n) is 11.3. The van der Waals surface area contributed by atoms with Crippen LogP contribution in [0.15, 0.2) is 40.9 Å². The smallest absolute Gasteiger partial charge is 0.124 e. The molecular weight excluding hydrogens is 493 g/mol. The topological polar surface area (TPSA) is 21.3 Å². The van der Waals surface area contributed by atoms with Crippen LogP contribution in [0.5, 0.6) is 5.75 Å². The van der Waals surface area contributed by atoms with Crippen LogP contribution in [0.2, 0.25) is 10.0 Å². The van der Waals surface area contributed by atoms with E-state index in [1.807, 2.05) is 30.3 Å². The maximum atomic E-state index is 6.34. The normalized spacial score (nSPS) is 33.6. The average Bonchev–Trinajstić information content (AvgIpc) is 2.64. The largest absolute Gasteiger partial charge is 0.488 e. The van der Waals surface area contributed by atoms with E-state index in [-0.39, 0.29) is 5.54 Å². The number of benzene rings is 2. The average molecular weight is 523 g/mol. The SMILES string of the molecule is CC12CC3CC(C)(C1)CC(NCc1cc(Br)ccc1OCc1c(Cl)cccc1Cl)(C3)C2. The Morgan fingerprint density at radius 3 is 2.32 bits per heavy atom. The Labute approximate surface area is 204 Å². The second-order valence-corrected chi connectivity index (χ2v) is 12.7. The van der Waals surface area contributed by atoms with E-state index in [2.05, 4.69) is 41.2 Å². The van der Waals surface area contributed by atoms with Crippen LogP contribution >= 0.6 is 39.1 Å². The van der Waals surface area contributed by atoms with Gasteiger partial charge in [-0.05, 0) is 85.6 Å². The summed E-state index contributed by atoms with van der Waals surface area (Å²) in [6, 6.07) is 11.8. The van der Waals surface area contributed by atoms with Crippen molar-refractivity contribution in [2.24, 2.45) is 16.7 Å². The van der Waals surface area contributed by atoms with E-state index in [1.54, 1.807) is 0 Å². The Morgan fingerprint density at radius 1 is 1.00 bits per heavy atom. The van der Waals surface area contributed by atoms with Gasteiger partial charge >= 0.3 is 0 Å². The molecule has 4 aliphatic carbocycles. The molecule has 0 amide bonds. The first-order chi connectivity index (χ1) is 14.7. The summed E-state index contributed by atoms with van der Waals surface area (Å²) in [4.78, 5) is 0. The van der Waals surface area contributed by atoms with E-state index in [4.69, 9.17) is 27.9 Å². The standard InChI is InChI=1S/C26H30BrCl2NO/c1-24-9-17-10-25(2,14-24)16-26(11-17,15-24)30-12-18-8-19(27)6-7-23(18)31-13-20-21(28)4-3-5-22(20)29/h3-8,17,30H,9-16H2,1-2H3. The molecule has 4 bridgehead atoms. The fraction of sp³-hybridized carbons (Fsp3) is 0.538. The fourth-order valence-electron chi connectivity index (χ4n) is 7.57. The van der Waals surface area contributed by atoms with Gasteiger partial charge in [-0.3, -0.25) is 0 Å². The van der Waals surface area contributed by atoms with Crippen molar-refractivity contribution in [1.82, 2.24) is 5.32 Å². The second kappa shape index (κ2) is 7.94. The zero-order valence-corrected chi connectivity index (χ0v) is 21.3. The van der Waals surface area contributed by atoms with Crippen LogP contribution in [0.25, 0.3) is 0 Å². The minimum absolute atomic E-state index is 0.258. The van der Waals surface area contributed by atoms with E-state index in [1.165, 1.54) is 44.1 Å². The molecule has 2 aromatic carbocycles. The third kappa shape index (κ3) is 4.40. The Balaban J connectivity index is 1.34. The summed E-state index contributed by atoms with van der Waals surface area (Å²) in [5, 5.41) is 5.31. The monoisotopic (exact) mass is 521 g/mol. The molecule has 0 radical (unpaired) electrons. The summed E-state index contributed by atoms with van der Waals surface area (Å²) >= 11 is 16.3. The quantitative estimate of drug-likeness (QED) is 0.413. The molecule has 1 N–H and O–H groups in total. The molecule has 2 unspecified atom stereocenters. The summed E-state index contributed by atoms with van der Waals surface area (Å²) in [5.41, 5.74) is 3.25. The summed E-state index contributed by atoms with van der Waals surface area (Å²) in [6.45, 7) is 6.21. The van der Waals surface area contributed by atoms with Crippen molar-refractivity contribution in [3.05, 3.63) is 62.0 Å². The van der Waals surface area contributed by atoms with Crippen molar-refractivity contribution in [3.8, 4) is 5.75 Å². The number of nitrogens with one attached hydrogen (secondary N) is 1. The van der Waals surface area contributed by atoms with Crippen molar-refractivity contribution in [2.75, 3.05) is 0 Å². The summed E-state index contributed by atoms with van der Waals surface area (Å²) in [5.74, 6) is 1.76. The van der Waals surface area contributed by atoms with E-state index in [0.29, 0.717) is 27.5 Å². The van der Waals surface area contributed by atoms with Crippen molar-refractivity contribution >= 4 is 39.1 Å². The minimum Gasteiger partial charge on any atom is -0.488 e. The van der Waals surface area contributed by atoms with Gasteiger partial charge in [-0.1, -0.05) is 59.0 Å². The van der Waals surface area contributed by atoms with Crippen LogP contribution in [0, 0.1) is 16.7 Å². The lowest BCUT2D eigenvalue weighted by Gasteiger charge is -2.65. The first kappa shape index (κ1) is 22.1. The van der Waals surface area contributed by atoms with Gasteiger partial charge in [0.15, 0.2) is 0 Å². The van der Waals surface area contributed by atoms with Gasteiger partial charge in [-0.2, -0.15) is 0 Å². The molecular formula is C26H30BrCl2NO. The molecule has 31 heavy (non-hydrogen) atoms. The van der Waals surface area contributed by atoms with Crippen LogP contribution in [0.3, 0.4) is 0 Å². The highest BCUT2D eigenvalue weighted by atomic mass is 79.9. The van der Waals surface area contributed by atoms with Gasteiger partial charge in [0.25, 0.3) is 0 Å². The van der Waals surface area contributed by atoms with Crippen LogP contribution in [0.1, 0.15) is 63.5 Å². The molecule has 4 saturated carbocycles. The van der Waals surface area contributed by atoms with Gasteiger partial charge in [0.1, 0.15) is 12.4 Å². The van der Waals surface area contributed by atoms with Crippen LogP contribution in [0.4, 0.5) is 0 Å². The molecule has 0 spiro atoms. The summed E-state index contributed by atoms with van der Waals surface area (Å²) in [7, 11) is 0. The Morgan fingerprint density at radius 2 is 1.68 bits per heavy atom. The highest BCUT2D eigenvalue weighted by Crippen LogP contribution is 2.66. The molecule has 166 valence electrons.